The summed E-state index contributed by atoms with van der Waals surface area (Å²) in [7, 11) is 0. The van der Waals surface area contributed by atoms with Crippen LogP contribution in [0.3, 0.4) is 0 Å². The minimum Gasteiger partial charge on any atom is -0.389 e. The molecule has 0 spiro atoms. The van der Waals surface area contributed by atoms with E-state index in [0.29, 0.717) is 5.56 Å². The molecule has 0 fully saturated rings. The Bertz CT molecular complexity index is 379. The molecule has 3 heteroatoms. The molecule has 3 nitrogen and oxygen atoms in total. The second-order valence-corrected chi connectivity index (χ2v) is 3.92. The fraction of sp³-hybridized carbons (Fsp3) is 0.429. The van der Waals surface area contributed by atoms with Gasteiger partial charge >= 0.3 is 11.9 Å². The second-order valence-electron chi connectivity index (χ2n) is 3.92. The molecule has 0 atom stereocenters. The monoisotopic (exact) mass is 234 g/mol. The van der Waals surface area contributed by atoms with Gasteiger partial charge in [-0.25, -0.2) is 4.79 Å². The molecule has 0 aliphatic heterocycles. The molecule has 1 rings (SSSR count). The van der Waals surface area contributed by atoms with Crippen molar-refractivity contribution in [2.45, 2.75) is 39.5 Å². The normalized spacial score (nSPS) is 10.0. The first-order valence-electron chi connectivity index (χ1n) is 6.01. The molecule has 1 aromatic carbocycles. The van der Waals surface area contributed by atoms with Gasteiger partial charge in [0.15, 0.2) is 0 Å². The lowest BCUT2D eigenvalue weighted by molar-refractivity contribution is -0.137. The zero-order valence-corrected chi connectivity index (χ0v) is 10.4. The fourth-order valence-electron chi connectivity index (χ4n) is 1.42. The number of aryl methyl sites for hydroxylation is 1. The molecule has 0 radical (unpaired) electrons. The van der Waals surface area contributed by atoms with Crippen molar-refractivity contribution in [3.8, 4) is 0 Å². The molecule has 0 heterocycles. The summed E-state index contributed by atoms with van der Waals surface area (Å²) in [5, 5.41) is 0. The lowest BCUT2D eigenvalue weighted by Crippen LogP contribution is -2.11. The second kappa shape index (κ2) is 6.84. The van der Waals surface area contributed by atoms with Gasteiger partial charge in [0.2, 0.25) is 0 Å². The summed E-state index contributed by atoms with van der Waals surface area (Å²) in [4.78, 5) is 22.5. The number of unbranched alkanes of at least 4 members (excludes halogenated alkanes) is 1. The third kappa shape index (κ3) is 4.39. The number of benzene rings is 1. The zero-order valence-electron chi connectivity index (χ0n) is 10.4. The van der Waals surface area contributed by atoms with Crippen LogP contribution in [-0.2, 0) is 16.0 Å². The summed E-state index contributed by atoms with van der Waals surface area (Å²) < 4.78 is 4.63. The smallest absolute Gasteiger partial charge is 0.345 e. The van der Waals surface area contributed by atoms with Crippen molar-refractivity contribution in [1.82, 2.24) is 0 Å². The van der Waals surface area contributed by atoms with Crippen LogP contribution in [-0.4, -0.2) is 11.9 Å². The maximum absolute atomic E-state index is 11.5. The summed E-state index contributed by atoms with van der Waals surface area (Å²) in [6.45, 7) is 3.80. The highest BCUT2D eigenvalue weighted by Gasteiger charge is 2.10. The largest absolute Gasteiger partial charge is 0.389 e. The fourth-order valence-corrected chi connectivity index (χ4v) is 1.42. The lowest BCUT2D eigenvalue weighted by Gasteiger charge is -2.03. The Hall–Kier alpha value is -1.64. The van der Waals surface area contributed by atoms with Crippen LogP contribution in [0.4, 0.5) is 0 Å². The molecule has 0 aromatic heterocycles. The summed E-state index contributed by atoms with van der Waals surface area (Å²) in [5.41, 5.74) is 1.62. The van der Waals surface area contributed by atoms with E-state index >= 15 is 0 Å². The van der Waals surface area contributed by atoms with Crippen LogP contribution in [0.25, 0.3) is 0 Å². The molecule has 17 heavy (non-hydrogen) atoms. The van der Waals surface area contributed by atoms with Gasteiger partial charge in [0.1, 0.15) is 0 Å². The highest BCUT2D eigenvalue weighted by Crippen LogP contribution is 2.09. The number of esters is 2. The van der Waals surface area contributed by atoms with E-state index in [-0.39, 0.29) is 6.42 Å². The van der Waals surface area contributed by atoms with Crippen molar-refractivity contribution in [1.29, 1.82) is 0 Å². The molecule has 0 aliphatic carbocycles. The van der Waals surface area contributed by atoms with Crippen LogP contribution < -0.4 is 0 Å². The summed E-state index contributed by atoms with van der Waals surface area (Å²) >= 11 is 0. The topological polar surface area (TPSA) is 43.4 Å². The van der Waals surface area contributed by atoms with E-state index in [2.05, 4.69) is 11.7 Å². The maximum atomic E-state index is 11.5. The number of hydrogen-bond donors (Lipinski definition) is 0. The van der Waals surface area contributed by atoms with Gasteiger partial charge in [-0.1, -0.05) is 32.4 Å². The molecule has 1 aromatic rings. The van der Waals surface area contributed by atoms with Crippen LogP contribution in [0.1, 0.15) is 49.0 Å². The van der Waals surface area contributed by atoms with Gasteiger partial charge in [0.25, 0.3) is 0 Å². The predicted molar refractivity (Wildman–Crippen MR) is 65.8 cm³/mol. The molecule has 0 saturated carbocycles. The van der Waals surface area contributed by atoms with Crippen LogP contribution in [0.15, 0.2) is 24.3 Å². The Labute approximate surface area is 102 Å². The molecular weight excluding hydrogens is 216 g/mol. The van der Waals surface area contributed by atoms with E-state index in [0.717, 1.165) is 19.3 Å². The van der Waals surface area contributed by atoms with Crippen molar-refractivity contribution in [2.24, 2.45) is 0 Å². The van der Waals surface area contributed by atoms with Gasteiger partial charge in [-0.3, -0.25) is 4.79 Å². The van der Waals surface area contributed by atoms with Gasteiger partial charge in [-0.05, 0) is 30.5 Å². The molecule has 0 saturated heterocycles. The van der Waals surface area contributed by atoms with Gasteiger partial charge in [0, 0.05) is 6.42 Å². The molecule has 0 amide bonds. The SMILES string of the molecule is CCCCc1ccc(C(=O)OC(=O)CC)cc1. The third-order valence-corrected chi connectivity index (χ3v) is 2.50. The first kappa shape index (κ1) is 13.4. The number of carbonyl (C=O) groups is 2. The molecule has 0 N–H and O–H groups in total. The minimum absolute atomic E-state index is 0.209. The van der Waals surface area contributed by atoms with Gasteiger partial charge in [0.05, 0.1) is 5.56 Å². The summed E-state index contributed by atoms with van der Waals surface area (Å²) in [6, 6.07) is 7.22. The third-order valence-electron chi connectivity index (χ3n) is 2.50. The average molecular weight is 234 g/mol. The van der Waals surface area contributed by atoms with E-state index in [1.807, 2.05) is 12.1 Å². The van der Waals surface area contributed by atoms with Crippen LogP contribution in [0.5, 0.6) is 0 Å². The van der Waals surface area contributed by atoms with E-state index in [9.17, 15) is 9.59 Å². The van der Waals surface area contributed by atoms with E-state index < -0.39 is 11.9 Å². The van der Waals surface area contributed by atoms with Crippen LogP contribution in [0, 0.1) is 0 Å². The van der Waals surface area contributed by atoms with Crippen molar-refractivity contribution in [2.75, 3.05) is 0 Å². The minimum atomic E-state index is -0.570. The Morgan fingerprint density at radius 2 is 1.76 bits per heavy atom. The Kier molecular flexibility index (Phi) is 5.40. The Balaban J connectivity index is 2.60. The number of carbonyl (C=O) groups excluding carboxylic acids is 2. The number of rotatable bonds is 5. The van der Waals surface area contributed by atoms with Crippen LogP contribution >= 0.6 is 0 Å². The van der Waals surface area contributed by atoms with Gasteiger partial charge in [-0.15, -0.1) is 0 Å². The average Bonchev–Trinajstić information content (AvgIpc) is 2.36. The molecule has 0 bridgehead atoms. The summed E-state index contributed by atoms with van der Waals surface area (Å²) in [5.74, 6) is -1.07. The zero-order chi connectivity index (χ0) is 12.7. The Morgan fingerprint density at radius 3 is 2.29 bits per heavy atom. The molecule has 0 unspecified atom stereocenters. The molecule has 0 aliphatic rings. The van der Waals surface area contributed by atoms with Gasteiger partial charge in [-0.2, -0.15) is 0 Å². The lowest BCUT2D eigenvalue weighted by atomic mass is 10.1. The first-order valence-corrected chi connectivity index (χ1v) is 6.01. The highest BCUT2D eigenvalue weighted by atomic mass is 16.6. The van der Waals surface area contributed by atoms with Crippen molar-refractivity contribution in [3.05, 3.63) is 35.4 Å². The summed E-state index contributed by atoms with van der Waals surface area (Å²) in [6.07, 6.45) is 3.51. The Morgan fingerprint density at radius 1 is 1.12 bits per heavy atom. The predicted octanol–water partition coefficient (Wildman–Crippen LogP) is 3.12. The van der Waals surface area contributed by atoms with Crippen molar-refractivity contribution < 1.29 is 14.3 Å². The molecular formula is C14H18O3. The van der Waals surface area contributed by atoms with E-state index in [4.69, 9.17) is 0 Å². The number of hydrogen-bond acceptors (Lipinski definition) is 3. The number of ether oxygens (including phenoxy) is 1. The molecule has 92 valence electrons. The van der Waals surface area contributed by atoms with Crippen molar-refractivity contribution in [3.63, 3.8) is 0 Å². The highest BCUT2D eigenvalue weighted by molar-refractivity contribution is 5.96. The van der Waals surface area contributed by atoms with E-state index in [1.165, 1.54) is 5.56 Å². The standard InChI is InChI=1S/C14H18O3/c1-3-5-6-11-7-9-12(10-8-11)14(16)17-13(15)4-2/h7-10H,3-6H2,1-2H3. The van der Waals surface area contributed by atoms with Crippen molar-refractivity contribution >= 4 is 11.9 Å². The van der Waals surface area contributed by atoms with Gasteiger partial charge < -0.3 is 4.74 Å². The van der Waals surface area contributed by atoms with E-state index in [1.54, 1.807) is 19.1 Å². The van der Waals surface area contributed by atoms with Crippen LogP contribution in [0.2, 0.25) is 0 Å². The first-order chi connectivity index (χ1) is 8.17. The maximum Gasteiger partial charge on any atom is 0.345 e. The quantitative estimate of drug-likeness (QED) is 0.580.